The van der Waals surface area contributed by atoms with Gasteiger partial charge in [0, 0.05) is 11.1 Å². The lowest BCUT2D eigenvalue weighted by Gasteiger charge is -2.10. The summed E-state index contributed by atoms with van der Waals surface area (Å²) in [7, 11) is 0. The van der Waals surface area contributed by atoms with Crippen molar-refractivity contribution in [2.75, 3.05) is 12.3 Å². The lowest BCUT2D eigenvalue weighted by molar-refractivity contribution is 0.103. The predicted octanol–water partition coefficient (Wildman–Crippen LogP) is 4.00. The van der Waals surface area contributed by atoms with Gasteiger partial charge in [0.15, 0.2) is 5.78 Å². The first-order valence-electron chi connectivity index (χ1n) is 6.46. The molecule has 21 heavy (non-hydrogen) atoms. The second-order valence-corrected chi connectivity index (χ2v) is 5.00. The zero-order chi connectivity index (χ0) is 15.6. The number of nitrogens with two attached hydrogens (primary N) is 1. The van der Waals surface area contributed by atoms with Crippen molar-refractivity contribution in [3.05, 3.63) is 57.9 Å². The van der Waals surface area contributed by atoms with Gasteiger partial charge in [-0.05, 0) is 49.7 Å². The van der Waals surface area contributed by atoms with Crippen molar-refractivity contribution in [1.82, 2.24) is 0 Å². The third kappa shape index (κ3) is 3.16. The Morgan fingerprint density at radius 3 is 2.67 bits per heavy atom. The van der Waals surface area contributed by atoms with Gasteiger partial charge < -0.3 is 10.5 Å². The summed E-state index contributed by atoms with van der Waals surface area (Å²) >= 11 is 5.95. The third-order valence-corrected chi connectivity index (χ3v) is 3.38. The fourth-order valence-corrected chi connectivity index (χ4v) is 2.20. The Labute approximate surface area is 127 Å². The Bertz CT molecular complexity index is 701. The molecule has 2 rings (SSSR count). The van der Waals surface area contributed by atoms with Gasteiger partial charge in [0.2, 0.25) is 0 Å². The molecule has 3 nitrogen and oxygen atoms in total. The van der Waals surface area contributed by atoms with Crippen molar-refractivity contribution in [2.24, 2.45) is 0 Å². The number of carbonyl (C=O) groups is 1. The SMILES string of the molecule is CCOc1ccc(C(=O)c2cc(C)c(F)cc2Cl)cc1N. The molecule has 0 atom stereocenters. The first-order chi connectivity index (χ1) is 9.93. The van der Waals surface area contributed by atoms with E-state index in [9.17, 15) is 9.18 Å². The minimum absolute atomic E-state index is 0.0792. The van der Waals surface area contributed by atoms with Crippen LogP contribution in [0.15, 0.2) is 30.3 Å². The van der Waals surface area contributed by atoms with E-state index in [0.717, 1.165) is 6.07 Å². The smallest absolute Gasteiger partial charge is 0.194 e. The molecule has 5 heteroatoms. The second-order valence-electron chi connectivity index (χ2n) is 4.60. The van der Waals surface area contributed by atoms with Crippen LogP contribution < -0.4 is 10.5 Å². The Hall–Kier alpha value is -2.07. The molecule has 0 saturated heterocycles. The molecule has 0 aliphatic heterocycles. The molecule has 0 aliphatic carbocycles. The lowest BCUT2D eigenvalue weighted by atomic mass is 10.0. The number of halogens is 2. The lowest BCUT2D eigenvalue weighted by Crippen LogP contribution is -2.05. The highest BCUT2D eigenvalue weighted by molar-refractivity contribution is 6.35. The average Bonchev–Trinajstić information content (AvgIpc) is 2.44. The molecule has 0 heterocycles. The summed E-state index contributed by atoms with van der Waals surface area (Å²) < 4.78 is 18.7. The summed E-state index contributed by atoms with van der Waals surface area (Å²) in [5.74, 6) is -0.226. The van der Waals surface area contributed by atoms with Crippen molar-refractivity contribution < 1.29 is 13.9 Å². The highest BCUT2D eigenvalue weighted by atomic mass is 35.5. The summed E-state index contributed by atoms with van der Waals surface area (Å²) in [5, 5.41) is 0.0792. The summed E-state index contributed by atoms with van der Waals surface area (Å²) in [6, 6.07) is 7.35. The zero-order valence-electron chi connectivity index (χ0n) is 11.7. The molecular weight excluding hydrogens is 293 g/mol. The van der Waals surface area contributed by atoms with Gasteiger partial charge in [0.25, 0.3) is 0 Å². The van der Waals surface area contributed by atoms with Crippen LogP contribution in [0.3, 0.4) is 0 Å². The number of carbonyl (C=O) groups excluding carboxylic acids is 1. The van der Waals surface area contributed by atoms with Gasteiger partial charge in [-0.25, -0.2) is 4.39 Å². The molecule has 0 bridgehead atoms. The van der Waals surface area contributed by atoms with Crippen LogP contribution in [0.5, 0.6) is 5.75 Å². The summed E-state index contributed by atoms with van der Waals surface area (Å²) in [5.41, 5.74) is 7.21. The number of ether oxygens (including phenoxy) is 1. The molecule has 2 N–H and O–H groups in total. The Morgan fingerprint density at radius 2 is 2.05 bits per heavy atom. The molecular formula is C16H15ClFNO2. The van der Waals surface area contributed by atoms with Crippen LogP contribution in [0.1, 0.15) is 28.4 Å². The van der Waals surface area contributed by atoms with Crippen LogP contribution in [0.25, 0.3) is 0 Å². The fraction of sp³-hybridized carbons (Fsp3) is 0.188. The largest absolute Gasteiger partial charge is 0.492 e. The maximum absolute atomic E-state index is 13.4. The normalized spacial score (nSPS) is 10.5. The monoisotopic (exact) mass is 307 g/mol. The first kappa shape index (κ1) is 15.3. The van der Waals surface area contributed by atoms with Crippen molar-refractivity contribution in [1.29, 1.82) is 0 Å². The zero-order valence-corrected chi connectivity index (χ0v) is 12.5. The van der Waals surface area contributed by atoms with Crippen LogP contribution in [0, 0.1) is 12.7 Å². The fourth-order valence-electron chi connectivity index (χ4n) is 1.96. The number of anilines is 1. The van der Waals surface area contributed by atoms with E-state index in [1.54, 1.807) is 19.1 Å². The molecule has 0 amide bonds. The van der Waals surface area contributed by atoms with Gasteiger partial charge >= 0.3 is 0 Å². The number of hydrogen-bond donors (Lipinski definition) is 1. The molecule has 2 aromatic rings. The minimum atomic E-state index is -0.442. The van der Waals surface area contributed by atoms with Crippen molar-refractivity contribution in [3.63, 3.8) is 0 Å². The molecule has 2 aromatic carbocycles. The highest BCUT2D eigenvalue weighted by Crippen LogP contribution is 2.27. The quantitative estimate of drug-likeness (QED) is 0.686. The second kappa shape index (κ2) is 6.14. The topological polar surface area (TPSA) is 52.3 Å². The number of rotatable bonds is 4. The van der Waals surface area contributed by atoms with E-state index in [0.29, 0.717) is 29.2 Å². The number of hydrogen-bond acceptors (Lipinski definition) is 3. The predicted molar refractivity (Wildman–Crippen MR) is 81.6 cm³/mol. The Balaban J connectivity index is 2.41. The Morgan fingerprint density at radius 1 is 1.33 bits per heavy atom. The number of ketones is 1. The van der Waals surface area contributed by atoms with E-state index in [-0.39, 0.29) is 16.4 Å². The molecule has 0 aliphatic rings. The van der Waals surface area contributed by atoms with Crippen LogP contribution in [-0.2, 0) is 0 Å². The first-order valence-corrected chi connectivity index (χ1v) is 6.84. The molecule has 0 unspecified atom stereocenters. The minimum Gasteiger partial charge on any atom is -0.492 e. The van der Waals surface area contributed by atoms with Crippen LogP contribution in [0.2, 0.25) is 5.02 Å². The highest BCUT2D eigenvalue weighted by Gasteiger charge is 2.16. The molecule has 0 aromatic heterocycles. The van der Waals surface area contributed by atoms with Crippen molar-refractivity contribution in [3.8, 4) is 5.75 Å². The van der Waals surface area contributed by atoms with Gasteiger partial charge in [-0.2, -0.15) is 0 Å². The maximum Gasteiger partial charge on any atom is 0.194 e. The van der Waals surface area contributed by atoms with E-state index < -0.39 is 5.82 Å². The summed E-state index contributed by atoms with van der Waals surface area (Å²) in [4.78, 5) is 12.4. The van der Waals surface area contributed by atoms with E-state index in [4.69, 9.17) is 22.1 Å². The van der Waals surface area contributed by atoms with Gasteiger partial charge in [-0.1, -0.05) is 11.6 Å². The number of aryl methyl sites for hydroxylation is 1. The van der Waals surface area contributed by atoms with Gasteiger partial charge in [0.05, 0.1) is 17.3 Å². The van der Waals surface area contributed by atoms with Gasteiger partial charge in [-0.3, -0.25) is 4.79 Å². The Kier molecular flexibility index (Phi) is 4.48. The molecule has 0 saturated carbocycles. The van der Waals surface area contributed by atoms with E-state index in [2.05, 4.69) is 0 Å². The van der Waals surface area contributed by atoms with E-state index in [1.807, 2.05) is 6.92 Å². The van der Waals surface area contributed by atoms with Crippen LogP contribution >= 0.6 is 11.6 Å². The summed E-state index contributed by atoms with van der Waals surface area (Å²) in [6.07, 6.45) is 0. The van der Waals surface area contributed by atoms with Crippen LogP contribution in [0.4, 0.5) is 10.1 Å². The third-order valence-electron chi connectivity index (χ3n) is 3.06. The van der Waals surface area contributed by atoms with Gasteiger partial charge in [0.1, 0.15) is 11.6 Å². The molecule has 0 radical (unpaired) electrons. The number of benzene rings is 2. The maximum atomic E-state index is 13.4. The van der Waals surface area contributed by atoms with Crippen LogP contribution in [-0.4, -0.2) is 12.4 Å². The molecule has 110 valence electrons. The van der Waals surface area contributed by atoms with E-state index in [1.165, 1.54) is 12.1 Å². The summed E-state index contributed by atoms with van der Waals surface area (Å²) in [6.45, 7) is 3.91. The van der Waals surface area contributed by atoms with Crippen molar-refractivity contribution >= 4 is 23.1 Å². The number of nitrogen functional groups attached to an aromatic ring is 1. The van der Waals surface area contributed by atoms with Crippen molar-refractivity contribution in [2.45, 2.75) is 13.8 Å². The van der Waals surface area contributed by atoms with Gasteiger partial charge in [-0.15, -0.1) is 0 Å². The molecule has 0 spiro atoms. The van der Waals surface area contributed by atoms with E-state index >= 15 is 0 Å². The molecule has 0 fully saturated rings. The standard InChI is InChI=1S/C16H15ClFNO2/c1-3-21-15-5-4-10(7-14(15)19)16(20)11-6-9(2)13(18)8-12(11)17/h4-8H,3,19H2,1-2H3. The average molecular weight is 308 g/mol.